The molecule has 0 aliphatic carbocycles. The first-order valence-electron chi connectivity index (χ1n) is 9.37. The summed E-state index contributed by atoms with van der Waals surface area (Å²) in [5.74, 6) is -0.507. The fourth-order valence-electron chi connectivity index (χ4n) is 2.74. The summed E-state index contributed by atoms with van der Waals surface area (Å²) >= 11 is 0. The number of nitrogens with one attached hydrogen (secondary N) is 2. The minimum atomic E-state index is -0.464. The molecule has 0 aliphatic rings. The van der Waals surface area contributed by atoms with Gasteiger partial charge in [0.15, 0.2) is 0 Å². The molecule has 0 atom stereocenters. The van der Waals surface area contributed by atoms with Crippen molar-refractivity contribution in [3.63, 3.8) is 0 Å². The molecule has 2 heterocycles. The van der Waals surface area contributed by atoms with Gasteiger partial charge in [-0.25, -0.2) is 9.37 Å². The predicted molar refractivity (Wildman–Crippen MR) is 105 cm³/mol. The average Bonchev–Trinajstić information content (AvgIpc) is 3.16. The van der Waals surface area contributed by atoms with Gasteiger partial charge in [-0.3, -0.25) is 9.59 Å². The predicted octanol–water partition coefficient (Wildman–Crippen LogP) is 2.28. The molecule has 0 bridgehead atoms. The van der Waals surface area contributed by atoms with Gasteiger partial charge < -0.3 is 10.6 Å². The molecule has 0 radical (unpaired) electrons. The zero-order valence-corrected chi connectivity index (χ0v) is 16.6. The second kappa shape index (κ2) is 8.76. The average molecular weight is 398 g/mol. The Morgan fingerprint density at radius 1 is 1.17 bits per heavy atom. The van der Waals surface area contributed by atoms with E-state index in [1.54, 1.807) is 19.1 Å². The number of fused-ring (bicyclic) bond motifs is 1. The van der Waals surface area contributed by atoms with Crippen LogP contribution in [0.3, 0.4) is 0 Å². The van der Waals surface area contributed by atoms with Gasteiger partial charge in [-0.2, -0.15) is 14.6 Å². The largest absolute Gasteiger partial charge is 0.351 e. The molecule has 152 valence electrons. The van der Waals surface area contributed by atoms with E-state index >= 15 is 0 Å². The van der Waals surface area contributed by atoms with E-state index in [0.29, 0.717) is 18.0 Å². The molecule has 3 aromatic rings. The molecule has 2 amide bonds. The molecule has 0 saturated heterocycles. The van der Waals surface area contributed by atoms with Crippen LogP contribution in [0.25, 0.3) is 5.78 Å². The van der Waals surface area contributed by atoms with Crippen LogP contribution in [-0.4, -0.2) is 37.9 Å². The van der Waals surface area contributed by atoms with Crippen LogP contribution in [0, 0.1) is 18.7 Å². The lowest BCUT2D eigenvalue weighted by Crippen LogP contribution is -2.29. The van der Waals surface area contributed by atoms with E-state index in [9.17, 15) is 14.0 Å². The van der Waals surface area contributed by atoms with Crippen LogP contribution in [0.1, 0.15) is 52.4 Å². The molecule has 0 spiro atoms. The Labute approximate surface area is 167 Å². The summed E-state index contributed by atoms with van der Waals surface area (Å²) in [4.78, 5) is 33.3. The number of aryl methyl sites for hydroxylation is 1. The van der Waals surface area contributed by atoms with E-state index < -0.39 is 5.91 Å². The van der Waals surface area contributed by atoms with Crippen LogP contribution < -0.4 is 10.6 Å². The topological polar surface area (TPSA) is 101 Å². The Kier molecular flexibility index (Phi) is 6.16. The lowest BCUT2D eigenvalue weighted by Gasteiger charge is -2.10. The van der Waals surface area contributed by atoms with E-state index in [-0.39, 0.29) is 35.4 Å². The van der Waals surface area contributed by atoms with E-state index in [0.717, 1.165) is 12.0 Å². The van der Waals surface area contributed by atoms with Crippen molar-refractivity contribution in [1.82, 2.24) is 30.2 Å². The second-order valence-corrected chi connectivity index (χ2v) is 7.20. The van der Waals surface area contributed by atoms with Crippen molar-refractivity contribution in [2.75, 3.05) is 6.54 Å². The molecule has 0 fully saturated rings. The highest BCUT2D eigenvalue weighted by Gasteiger charge is 2.18. The van der Waals surface area contributed by atoms with Crippen LogP contribution >= 0.6 is 0 Å². The van der Waals surface area contributed by atoms with E-state index in [1.807, 2.05) is 0 Å². The summed E-state index contributed by atoms with van der Waals surface area (Å²) < 4.78 is 14.7. The zero-order chi connectivity index (χ0) is 21.0. The minimum Gasteiger partial charge on any atom is -0.351 e. The Hall–Kier alpha value is -3.36. The van der Waals surface area contributed by atoms with Gasteiger partial charge in [-0.05, 0) is 36.5 Å². The normalized spacial score (nSPS) is 11.1. The van der Waals surface area contributed by atoms with Gasteiger partial charge in [0.05, 0.1) is 0 Å². The van der Waals surface area contributed by atoms with Crippen LogP contribution in [0.4, 0.5) is 4.39 Å². The number of amides is 2. The van der Waals surface area contributed by atoms with Gasteiger partial charge in [0, 0.05) is 19.2 Å². The zero-order valence-electron chi connectivity index (χ0n) is 16.6. The third kappa shape index (κ3) is 4.92. The molecule has 2 aromatic heterocycles. The third-order valence-corrected chi connectivity index (χ3v) is 4.40. The molecule has 8 nitrogen and oxygen atoms in total. The molecule has 0 saturated carbocycles. The summed E-state index contributed by atoms with van der Waals surface area (Å²) in [5, 5.41) is 9.57. The first kappa shape index (κ1) is 20.4. The van der Waals surface area contributed by atoms with Gasteiger partial charge in [0.1, 0.15) is 23.5 Å². The Bertz CT molecular complexity index is 1050. The monoisotopic (exact) mass is 398 g/mol. The summed E-state index contributed by atoms with van der Waals surface area (Å²) in [6.07, 6.45) is 2.11. The number of hydrogen-bond donors (Lipinski definition) is 2. The molecular formula is C20H23FN6O2. The van der Waals surface area contributed by atoms with Crippen molar-refractivity contribution in [2.45, 2.75) is 33.7 Å². The SMILES string of the molecule is Cc1cc(CNC(=O)c2cc(C(=O)NCCC(C)C)n3ncnc3n2)ccc1F. The van der Waals surface area contributed by atoms with Crippen LogP contribution in [-0.2, 0) is 6.54 Å². The van der Waals surface area contributed by atoms with E-state index in [1.165, 1.54) is 23.0 Å². The summed E-state index contributed by atoms with van der Waals surface area (Å²) in [7, 11) is 0. The van der Waals surface area contributed by atoms with Gasteiger partial charge in [-0.15, -0.1) is 0 Å². The molecule has 0 unspecified atom stereocenters. The molecule has 0 aliphatic heterocycles. The molecule has 3 rings (SSSR count). The van der Waals surface area contributed by atoms with E-state index in [2.05, 4.69) is 39.5 Å². The highest BCUT2D eigenvalue weighted by molar-refractivity contribution is 5.98. The third-order valence-electron chi connectivity index (χ3n) is 4.40. The van der Waals surface area contributed by atoms with Crippen molar-refractivity contribution in [3.05, 3.63) is 58.9 Å². The minimum absolute atomic E-state index is 0.0540. The Morgan fingerprint density at radius 3 is 2.69 bits per heavy atom. The summed E-state index contributed by atoms with van der Waals surface area (Å²) in [6.45, 7) is 6.51. The standard InChI is InChI=1S/C20H23FN6O2/c1-12(2)6-7-22-19(29)17-9-16(26-20-24-11-25-27(17)20)18(28)23-10-14-4-5-15(21)13(3)8-14/h4-5,8-9,11-12H,6-7,10H2,1-3H3,(H,22,29)(H,23,28). The van der Waals surface area contributed by atoms with Gasteiger partial charge in [0.2, 0.25) is 0 Å². The van der Waals surface area contributed by atoms with Crippen molar-refractivity contribution < 1.29 is 14.0 Å². The number of rotatable bonds is 7. The Morgan fingerprint density at radius 2 is 1.97 bits per heavy atom. The van der Waals surface area contributed by atoms with Crippen LogP contribution in [0.5, 0.6) is 0 Å². The number of nitrogens with zero attached hydrogens (tertiary/aromatic N) is 4. The van der Waals surface area contributed by atoms with Gasteiger partial charge in [-0.1, -0.05) is 26.0 Å². The summed E-state index contributed by atoms with van der Waals surface area (Å²) in [6, 6.07) is 6.01. The lowest BCUT2D eigenvalue weighted by molar-refractivity contribution is 0.0943. The number of hydrogen-bond acceptors (Lipinski definition) is 5. The van der Waals surface area contributed by atoms with Crippen molar-refractivity contribution >= 4 is 17.6 Å². The highest BCUT2D eigenvalue weighted by atomic mass is 19.1. The van der Waals surface area contributed by atoms with Crippen molar-refractivity contribution in [2.24, 2.45) is 5.92 Å². The number of aromatic nitrogens is 4. The second-order valence-electron chi connectivity index (χ2n) is 7.20. The lowest BCUT2D eigenvalue weighted by atomic mass is 10.1. The number of carbonyl (C=O) groups is 2. The van der Waals surface area contributed by atoms with Crippen LogP contribution in [0.2, 0.25) is 0 Å². The van der Waals surface area contributed by atoms with Crippen molar-refractivity contribution in [1.29, 1.82) is 0 Å². The maximum absolute atomic E-state index is 13.4. The van der Waals surface area contributed by atoms with Gasteiger partial charge in [0.25, 0.3) is 17.6 Å². The van der Waals surface area contributed by atoms with Crippen molar-refractivity contribution in [3.8, 4) is 0 Å². The quantitative estimate of drug-likeness (QED) is 0.636. The molecule has 29 heavy (non-hydrogen) atoms. The Balaban J connectivity index is 1.77. The smallest absolute Gasteiger partial charge is 0.270 e. The fraction of sp³-hybridized carbons (Fsp3) is 0.350. The number of benzene rings is 1. The maximum Gasteiger partial charge on any atom is 0.270 e. The maximum atomic E-state index is 13.4. The fourth-order valence-corrected chi connectivity index (χ4v) is 2.74. The van der Waals surface area contributed by atoms with Gasteiger partial charge >= 0.3 is 0 Å². The molecule has 9 heteroatoms. The first-order valence-corrected chi connectivity index (χ1v) is 9.37. The first-order chi connectivity index (χ1) is 13.8. The number of carbonyl (C=O) groups excluding carboxylic acids is 2. The summed E-state index contributed by atoms with van der Waals surface area (Å²) in [5.41, 5.74) is 1.49. The molecule has 2 N–H and O–H groups in total. The van der Waals surface area contributed by atoms with Crippen LogP contribution in [0.15, 0.2) is 30.6 Å². The molecule has 1 aromatic carbocycles. The van der Waals surface area contributed by atoms with E-state index in [4.69, 9.17) is 0 Å². The highest BCUT2D eigenvalue weighted by Crippen LogP contribution is 2.10. The molecular weight excluding hydrogens is 375 g/mol. The number of halogens is 1.